The van der Waals surface area contributed by atoms with Gasteiger partial charge in [-0.05, 0) is 43.7 Å². The predicted octanol–water partition coefficient (Wildman–Crippen LogP) is 2.58. The highest BCUT2D eigenvalue weighted by Gasteiger charge is 2.43. The molecule has 3 aromatic rings. The first-order chi connectivity index (χ1) is 12.7. The van der Waals surface area contributed by atoms with E-state index in [1.807, 2.05) is 10.7 Å². The maximum atomic E-state index is 10.6. The van der Waals surface area contributed by atoms with E-state index in [1.54, 1.807) is 12.7 Å². The van der Waals surface area contributed by atoms with Crippen LogP contribution in [0.3, 0.4) is 0 Å². The number of pyridine rings is 1. The minimum atomic E-state index is -0.353. The number of benzene rings is 1. The Hall–Kier alpha value is -2.47. The Morgan fingerprint density at radius 2 is 1.92 bits per heavy atom. The van der Waals surface area contributed by atoms with Gasteiger partial charge in [0.05, 0.1) is 17.7 Å². The Morgan fingerprint density at radius 3 is 2.73 bits per heavy atom. The first kappa shape index (κ1) is 15.8. The van der Waals surface area contributed by atoms with Crippen LogP contribution in [0.4, 0.5) is 5.69 Å². The highest BCUT2D eigenvalue weighted by atomic mass is 16.3. The number of anilines is 1. The number of fused-ring (bicyclic) bond motifs is 2. The minimum Gasteiger partial charge on any atom is -0.391 e. The first-order valence-corrected chi connectivity index (χ1v) is 9.32. The van der Waals surface area contributed by atoms with Crippen LogP contribution in [0, 0.1) is 18.8 Å². The molecule has 0 spiro atoms. The van der Waals surface area contributed by atoms with Crippen LogP contribution >= 0.6 is 0 Å². The van der Waals surface area contributed by atoms with Crippen LogP contribution in [-0.4, -0.2) is 44.0 Å². The quantitative estimate of drug-likeness (QED) is 0.770. The second-order valence-electron chi connectivity index (χ2n) is 7.71. The monoisotopic (exact) mass is 349 g/mol. The van der Waals surface area contributed by atoms with Gasteiger partial charge in [0.2, 0.25) is 0 Å². The molecule has 2 aromatic heterocycles. The molecule has 6 heteroatoms. The van der Waals surface area contributed by atoms with Gasteiger partial charge in [0.1, 0.15) is 12.7 Å². The third-order valence-electron chi connectivity index (χ3n) is 6.05. The van der Waals surface area contributed by atoms with Crippen molar-refractivity contribution < 1.29 is 5.11 Å². The molecular formula is C20H23N5O. The number of aliphatic hydroxyl groups is 1. The van der Waals surface area contributed by atoms with Crippen LogP contribution in [0.5, 0.6) is 0 Å². The summed E-state index contributed by atoms with van der Waals surface area (Å²) in [4.78, 5) is 11.2. The summed E-state index contributed by atoms with van der Waals surface area (Å²) in [7, 11) is 0. The zero-order chi connectivity index (χ0) is 17.7. The summed E-state index contributed by atoms with van der Waals surface area (Å²) in [6.45, 7) is 4.08. The lowest BCUT2D eigenvalue weighted by Gasteiger charge is -2.34. The molecule has 1 saturated heterocycles. The molecule has 1 aliphatic carbocycles. The van der Waals surface area contributed by atoms with Crippen molar-refractivity contribution in [2.45, 2.75) is 31.9 Å². The van der Waals surface area contributed by atoms with Gasteiger partial charge < -0.3 is 10.0 Å². The third kappa shape index (κ3) is 2.56. The second kappa shape index (κ2) is 6.06. The summed E-state index contributed by atoms with van der Waals surface area (Å²) in [6, 6.07) is 10.6. The molecule has 2 fully saturated rings. The Labute approximate surface area is 152 Å². The summed E-state index contributed by atoms with van der Waals surface area (Å²) in [5, 5.41) is 16.1. The number of hydrogen-bond donors (Lipinski definition) is 1. The van der Waals surface area contributed by atoms with Gasteiger partial charge in [-0.3, -0.25) is 4.98 Å². The molecule has 1 aliphatic heterocycles. The van der Waals surface area contributed by atoms with Crippen molar-refractivity contribution in [3.63, 3.8) is 0 Å². The molecule has 3 heterocycles. The van der Waals surface area contributed by atoms with Crippen molar-refractivity contribution in [3.05, 3.63) is 48.7 Å². The van der Waals surface area contributed by atoms with Crippen molar-refractivity contribution >= 4 is 16.6 Å². The zero-order valence-corrected chi connectivity index (χ0v) is 14.9. The smallest absolute Gasteiger partial charge is 0.137 e. The summed E-state index contributed by atoms with van der Waals surface area (Å²) in [5.41, 5.74) is 3.38. The van der Waals surface area contributed by atoms with E-state index in [1.165, 1.54) is 11.1 Å². The van der Waals surface area contributed by atoms with E-state index in [2.05, 4.69) is 51.2 Å². The van der Waals surface area contributed by atoms with Crippen LogP contribution in [0.1, 0.15) is 24.6 Å². The van der Waals surface area contributed by atoms with Crippen LogP contribution < -0.4 is 4.90 Å². The van der Waals surface area contributed by atoms with E-state index in [4.69, 9.17) is 0 Å². The first-order valence-electron chi connectivity index (χ1n) is 9.32. The fourth-order valence-corrected chi connectivity index (χ4v) is 4.82. The van der Waals surface area contributed by atoms with Crippen molar-refractivity contribution in [1.29, 1.82) is 0 Å². The molecule has 1 aromatic carbocycles. The Morgan fingerprint density at radius 1 is 1.12 bits per heavy atom. The largest absolute Gasteiger partial charge is 0.391 e. The van der Waals surface area contributed by atoms with Crippen molar-refractivity contribution in [3.8, 4) is 0 Å². The molecule has 5 rings (SSSR count). The van der Waals surface area contributed by atoms with E-state index in [0.29, 0.717) is 11.8 Å². The maximum Gasteiger partial charge on any atom is 0.137 e. The van der Waals surface area contributed by atoms with E-state index in [0.717, 1.165) is 37.1 Å². The molecule has 0 unspecified atom stereocenters. The maximum absolute atomic E-state index is 10.6. The molecule has 0 radical (unpaired) electrons. The lowest BCUT2D eigenvalue weighted by atomic mass is 9.77. The van der Waals surface area contributed by atoms with Crippen molar-refractivity contribution in [1.82, 2.24) is 19.7 Å². The number of aromatic nitrogens is 4. The van der Waals surface area contributed by atoms with E-state index in [-0.39, 0.29) is 12.1 Å². The normalized spacial score (nSPS) is 28.5. The Kier molecular flexibility index (Phi) is 3.67. The molecule has 26 heavy (non-hydrogen) atoms. The minimum absolute atomic E-state index is 0.0367. The van der Waals surface area contributed by atoms with Gasteiger partial charge in [0, 0.05) is 29.9 Å². The molecule has 0 bridgehead atoms. The molecule has 0 amide bonds. The van der Waals surface area contributed by atoms with Gasteiger partial charge in [0.25, 0.3) is 0 Å². The van der Waals surface area contributed by atoms with Gasteiger partial charge in [-0.25, -0.2) is 9.67 Å². The Balaban J connectivity index is 1.45. The SMILES string of the molecule is Cc1cc(N2C[C@H]3C[C@@H](n4cncn4)[C@H](O)C[C@H]3C2)c2ccccc2n1. The number of hydrogen-bond acceptors (Lipinski definition) is 5. The summed E-state index contributed by atoms with van der Waals surface area (Å²) >= 11 is 0. The number of rotatable bonds is 2. The van der Waals surface area contributed by atoms with Crippen LogP contribution in [0.2, 0.25) is 0 Å². The van der Waals surface area contributed by atoms with Crippen molar-refractivity contribution in [2.24, 2.45) is 11.8 Å². The molecule has 4 atom stereocenters. The number of aliphatic hydroxyl groups excluding tert-OH is 1. The van der Waals surface area contributed by atoms with Crippen LogP contribution in [0.25, 0.3) is 10.9 Å². The van der Waals surface area contributed by atoms with Crippen LogP contribution in [-0.2, 0) is 0 Å². The van der Waals surface area contributed by atoms with Gasteiger partial charge in [-0.2, -0.15) is 5.10 Å². The number of nitrogens with zero attached hydrogens (tertiary/aromatic N) is 5. The fourth-order valence-electron chi connectivity index (χ4n) is 4.82. The molecule has 134 valence electrons. The summed E-state index contributed by atoms with van der Waals surface area (Å²) in [6.07, 6.45) is 4.70. The molecular weight excluding hydrogens is 326 g/mol. The van der Waals surface area contributed by atoms with Crippen molar-refractivity contribution in [2.75, 3.05) is 18.0 Å². The number of para-hydroxylation sites is 1. The van der Waals surface area contributed by atoms with Gasteiger partial charge in [-0.15, -0.1) is 0 Å². The lowest BCUT2D eigenvalue weighted by Crippen LogP contribution is -2.36. The van der Waals surface area contributed by atoms with Crippen LogP contribution in [0.15, 0.2) is 43.0 Å². The average molecular weight is 349 g/mol. The van der Waals surface area contributed by atoms with Gasteiger partial charge >= 0.3 is 0 Å². The standard InChI is InChI=1S/C20H23N5O/c1-13-6-18(16-4-2-3-5-17(16)23-13)24-9-14-7-19(25-12-21-11-22-25)20(26)8-15(14)10-24/h2-6,11-12,14-15,19-20,26H,7-10H2,1H3/t14-,15+,19-,20-/m1/s1. The lowest BCUT2D eigenvalue weighted by molar-refractivity contribution is 0.0305. The highest BCUT2D eigenvalue weighted by Crippen LogP contribution is 2.43. The zero-order valence-electron chi connectivity index (χ0n) is 14.9. The third-order valence-corrected chi connectivity index (χ3v) is 6.05. The average Bonchev–Trinajstić information content (AvgIpc) is 3.29. The van der Waals surface area contributed by atoms with E-state index >= 15 is 0 Å². The van der Waals surface area contributed by atoms with Gasteiger partial charge in [0.15, 0.2) is 0 Å². The van der Waals surface area contributed by atoms with Gasteiger partial charge in [-0.1, -0.05) is 18.2 Å². The summed E-state index contributed by atoms with van der Waals surface area (Å²) in [5.74, 6) is 1.09. The summed E-state index contributed by atoms with van der Waals surface area (Å²) < 4.78 is 1.83. The molecule has 1 N–H and O–H groups in total. The van der Waals surface area contributed by atoms with E-state index in [9.17, 15) is 5.11 Å². The fraction of sp³-hybridized carbons (Fsp3) is 0.450. The molecule has 6 nitrogen and oxygen atoms in total. The molecule has 1 saturated carbocycles. The predicted molar refractivity (Wildman–Crippen MR) is 100.0 cm³/mol. The Bertz CT molecular complexity index is 925. The number of aryl methyl sites for hydroxylation is 1. The highest BCUT2D eigenvalue weighted by molar-refractivity contribution is 5.92. The second-order valence-corrected chi connectivity index (χ2v) is 7.71. The van der Waals surface area contributed by atoms with E-state index < -0.39 is 0 Å². The topological polar surface area (TPSA) is 67.1 Å². The molecule has 2 aliphatic rings.